The average Bonchev–Trinajstić information content (AvgIpc) is 1.64. The third-order valence-electron chi connectivity index (χ3n) is 0.842. The van der Waals surface area contributed by atoms with Crippen LogP contribution in [0.25, 0.3) is 0 Å². The van der Waals surface area contributed by atoms with Crippen LogP contribution in [0.5, 0.6) is 0 Å². The molecule has 0 unspecified atom stereocenters. The number of allylic oxidation sites excluding steroid dienone is 2. The van der Waals surface area contributed by atoms with Crippen molar-refractivity contribution in [1.82, 2.24) is 0 Å². The summed E-state index contributed by atoms with van der Waals surface area (Å²) >= 11 is 5.18. The van der Waals surface area contributed by atoms with Crippen LogP contribution in [0, 0.1) is 6.42 Å². The van der Waals surface area contributed by atoms with Gasteiger partial charge in [-0.2, -0.15) is 0 Å². The lowest BCUT2D eigenvalue weighted by Crippen LogP contribution is -1.86. The second-order valence-corrected chi connectivity index (χ2v) is 15.1. The SMILES string of the molecule is CC1=C[CH]C1.[I][Mg][I]. The summed E-state index contributed by atoms with van der Waals surface area (Å²) in [6.07, 6.45) is 5.52. The van der Waals surface area contributed by atoms with Crippen LogP contribution < -0.4 is 0 Å². The maximum Gasteiger partial charge on any atom is 0.552 e. The average molecular weight is 345 g/mol. The molecule has 43 valence electrons. The second-order valence-electron chi connectivity index (χ2n) is 1.55. The molecule has 0 N–H and O–H groups in total. The van der Waals surface area contributed by atoms with E-state index in [0.717, 1.165) is 0 Å². The van der Waals surface area contributed by atoms with E-state index in [1.165, 1.54) is 12.0 Å². The molecule has 0 aromatic rings. The van der Waals surface area contributed by atoms with E-state index in [4.69, 9.17) is 0 Å². The molecule has 0 saturated heterocycles. The van der Waals surface area contributed by atoms with Gasteiger partial charge >= 0.3 is 12.6 Å². The largest absolute Gasteiger partial charge is 0.552 e. The highest BCUT2D eigenvalue weighted by molar-refractivity contribution is 14.3. The van der Waals surface area contributed by atoms with Gasteiger partial charge in [-0.3, -0.25) is 37.7 Å². The number of halogens is 2. The van der Waals surface area contributed by atoms with Gasteiger partial charge in [0.25, 0.3) is 0 Å². The maximum absolute atomic E-state index is 2.41. The van der Waals surface area contributed by atoms with Crippen LogP contribution in [-0.4, -0.2) is 12.6 Å². The van der Waals surface area contributed by atoms with Gasteiger partial charge in [-0.15, -0.1) is 0 Å². The third-order valence-corrected chi connectivity index (χ3v) is 0.842. The van der Waals surface area contributed by atoms with Crippen molar-refractivity contribution in [3.8, 4) is 0 Å². The normalized spacial score (nSPS) is 14.1. The van der Waals surface area contributed by atoms with Gasteiger partial charge in [0, 0.05) is 0 Å². The Morgan fingerprint density at radius 1 is 1.62 bits per heavy atom. The Morgan fingerprint density at radius 3 is 1.88 bits per heavy atom. The molecule has 0 atom stereocenters. The summed E-state index contributed by atoms with van der Waals surface area (Å²) in [5.41, 5.74) is 1.50. The van der Waals surface area contributed by atoms with Crippen molar-refractivity contribution in [3.05, 3.63) is 18.1 Å². The summed E-state index contributed by atoms with van der Waals surface area (Å²) in [4.78, 5) is 0. The second kappa shape index (κ2) is 7.08. The van der Waals surface area contributed by atoms with Crippen LogP contribution in [0.4, 0.5) is 0 Å². The summed E-state index contributed by atoms with van der Waals surface area (Å²) < 4.78 is 0. The fraction of sp³-hybridized carbons (Fsp3) is 0.400. The summed E-state index contributed by atoms with van der Waals surface area (Å²) in [6, 6.07) is 0. The lowest BCUT2D eigenvalue weighted by molar-refractivity contribution is 1.06. The minimum absolute atomic E-state index is 0.357. The maximum atomic E-state index is 2.41. The van der Waals surface area contributed by atoms with E-state index < -0.39 is 0 Å². The van der Waals surface area contributed by atoms with Crippen LogP contribution >= 0.6 is 37.7 Å². The van der Waals surface area contributed by atoms with Crippen LogP contribution in [0.2, 0.25) is 0 Å². The van der Waals surface area contributed by atoms with Gasteiger partial charge in [0.2, 0.25) is 0 Å². The van der Waals surface area contributed by atoms with Crippen LogP contribution in [0.1, 0.15) is 13.3 Å². The van der Waals surface area contributed by atoms with Crippen LogP contribution in [0.3, 0.4) is 0 Å². The number of rotatable bonds is 0. The van der Waals surface area contributed by atoms with E-state index >= 15 is 0 Å². The van der Waals surface area contributed by atoms with Gasteiger partial charge in [0.15, 0.2) is 0 Å². The fourth-order valence-electron chi connectivity index (χ4n) is 0.354. The highest BCUT2D eigenvalue weighted by Gasteiger charge is 1.95. The van der Waals surface area contributed by atoms with Gasteiger partial charge in [-0.05, 0) is 19.8 Å². The first-order valence-electron chi connectivity index (χ1n) is 2.42. The Labute approximate surface area is 80.4 Å². The molecular weight excluding hydrogens is 338 g/mol. The Hall–Kier alpha value is 1.97. The molecule has 1 aliphatic rings. The Bertz CT molecular complexity index is 80.5. The molecule has 0 spiro atoms. The van der Waals surface area contributed by atoms with E-state index in [1.807, 2.05) is 0 Å². The van der Waals surface area contributed by atoms with Crippen molar-refractivity contribution in [3.63, 3.8) is 0 Å². The zero-order chi connectivity index (χ0) is 6.41. The molecule has 0 aromatic heterocycles. The minimum Gasteiger partial charge on any atom is -0.276 e. The molecule has 0 saturated carbocycles. The monoisotopic (exact) mass is 345 g/mol. The molecule has 1 aliphatic carbocycles. The van der Waals surface area contributed by atoms with Crippen molar-refractivity contribution in [2.75, 3.05) is 0 Å². The highest BCUT2D eigenvalue weighted by Crippen LogP contribution is 2.13. The Morgan fingerprint density at radius 2 is 1.88 bits per heavy atom. The zero-order valence-corrected chi connectivity index (χ0v) is 10.6. The Kier molecular flexibility index (Phi) is 8.82. The molecule has 0 bridgehead atoms. The molecule has 0 heterocycles. The van der Waals surface area contributed by atoms with Crippen molar-refractivity contribution in [1.29, 1.82) is 0 Å². The quantitative estimate of drug-likeness (QED) is 0.468. The first kappa shape index (κ1) is 9.97. The van der Waals surface area contributed by atoms with Crippen molar-refractivity contribution in [2.24, 2.45) is 0 Å². The predicted molar refractivity (Wildman–Crippen MR) is 56.5 cm³/mol. The molecule has 1 rings (SSSR count). The van der Waals surface area contributed by atoms with Crippen LogP contribution in [-0.2, 0) is 0 Å². The highest BCUT2D eigenvalue weighted by atomic mass is 127. The summed E-state index contributed by atoms with van der Waals surface area (Å²) in [5.74, 6) is 0. The first-order chi connectivity index (χ1) is 3.81. The molecule has 0 aliphatic heterocycles. The van der Waals surface area contributed by atoms with E-state index in [2.05, 4.69) is 57.1 Å². The van der Waals surface area contributed by atoms with E-state index in [0.29, 0.717) is 12.6 Å². The van der Waals surface area contributed by atoms with Gasteiger partial charge < -0.3 is 0 Å². The molecule has 0 amide bonds. The lowest BCUT2D eigenvalue weighted by atomic mass is 10.0. The molecule has 1 radical (unpaired) electrons. The summed E-state index contributed by atoms with van der Waals surface area (Å²) in [6.45, 7) is 2.14. The van der Waals surface area contributed by atoms with E-state index in [9.17, 15) is 0 Å². The molecule has 0 fully saturated rings. The van der Waals surface area contributed by atoms with E-state index in [1.54, 1.807) is 0 Å². The molecular formula is C5H7I2Mg. The first-order valence-corrected chi connectivity index (χ1v) is 12.6. The van der Waals surface area contributed by atoms with Gasteiger partial charge in [-0.25, -0.2) is 0 Å². The minimum atomic E-state index is 0.357. The van der Waals surface area contributed by atoms with Gasteiger partial charge in [0.1, 0.15) is 0 Å². The van der Waals surface area contributed by atoms with Gasteiger partial charge in [-0.1, -0.05) is 11.6 Å². The van der Waals surface area contributed by atoms with Crippen LogP contribution in [0.15, 0.2) is 11.6 Å². The smallest absolute Gasteiger partial charge is 0.276 e. The van der Waals surface area contributed by atoms with Crippen molar-refractivity contribution in [2.45, 2.75) is 13.3 Å². The fourth-order valence-corrected chi connectivity index (χ4v) is 0.354. The summed E-state index contributed by atoms with van der Waals surface area (Å²) in [5, 5.41) is 0. The predicted octanol–water partition coefficient (Wildman–Crippen LogP) is 2.93. The molecule has 3 heteroatoms. The molecule has 8 heavy (non-hydrogen) atoms. The summed E-state index contributed by atoms with van der Waals surface area (Å²) in [7, 11) is 0. The number of hydrogen-bond donors (Lipinski definition) is 0. The lowest BCUT2D eigenvalue weighted by Gasteiger charge is -2.04. The van der Waals surface area contributed by atoms with Gasteiger partial charge in [0.05, 0.1) is 0 Å². The van der Waals surface area contributed by atoms with E-state index in [-0.39, 0.29) is 0 Å². The van der Waals surface area contributed by atoms with Crippen molar-refractivity contribution < 1.29 is 0 Å². The topological polar surface area (TPSA) is 0 Å². The zero-order valence-electron chi connectivity index (χ0n) is 4.82. The van der Waals surface area contributed by atoms with Crippen molar-refractivity contribution >= 4 is 50.3 Å². The molecule has 0 aromatic carbocycles. The number of hydrogen-bond acceptors (Lipinski definition) is 0. The molecule has 0 nitrogen and oxygen atoms in total. The Balaban J connectivity index is 0.000000145. The third kappa shape index (κ3) is 6.09. The standard InChI is InChI=1S/C5H7.2HI.Mg/c1-5-3-2-4-5;;;/h2-3H,4H2,1H3;2*1H;/q;;;+2/p-2.